The number of thioether (sulfide) groups is 1. The van der Waals surface area contributed by atoms with Gasteiger partial charge in [0, 0.05) is 17.0 Å². The molecule has 0 spiro atoms. The Hall–Kier alpha value is -3.36. The van der Waals surface area contributed by atoms with Crippen LogP contribution in [0.3, 0.4) is 0 Å². The van der Waals surface area contributed by atoms with E-state index in [9.17, 15) is 0 Å². The van der Waals surface area contributed by atoms with Crippen LogP contribution in [0, 0.1) is 18.3 Å². The number of nitrogens with zero attached hydrogens (tertiary/aromatic N) is 4. The van der Waals surface area contributed by atoms with Gasteiger partial charge in [-0.2, -0.15) is 5.26 Å². The number of nitriles is 1. The average Bonchev–Trinajstić information content (AvgIpc) is 3.17. The van der Waals surface area contributed by atoms with E-state index in [1.807, 2.05) is 48.5 Å². The molecule has 1 aromatic heterocycles. The molecule has 5 heteroatoms. The summed E-state index contributed by atoms with van der Waals surface area (Å²) < 4.78 is 2.09. The van der Waals surface area contributed by atoms with Gasteiger partial charge >= 0.3 is 0 Å². The average molecular weight is 382 g/mol. The molecule has 0 atom stereocenters. The maximum atomic E-state index is 9.11. The van der Waals surface area contributed by atoms with Gasteiger partial charge in [0.15, 0.2) is 11.0 Å². The third-order valence-electron chi connectivity index (χ3n) is 4.35. The lowest BCUT2D eigenvalue weighted by atomic mass is 10.1. The Balaban J connectivity index is 1.72. The molecule has 136 valence electrons. The Bertz CT molecular complexity index is 1140. The smallest absolute Gasteiger partial charge is 0.196 e. The first-order valence-electron chi connectivity index (χ1n) is 8.94. The van der Waals surface area contributed by atoms with Gasteiger partial charge < -0.3 is 0 Å². The maximum absolute atomic E-state index is 9.11. The van der Waals surface area contributed by atoms with Gasteiger partial charge in [0.25, 0.3) is 0 Å². The molecular formula is C23H18N4S. The molecule has 0 aliphatic carbocycles. The lowest BCUT2D eigenvalue weighted by molar-refractivity contribution is 0.886. The monoisotopic (exact) mass is 382 g/mol. The Labute approximate surface area is 168 Å². The van der Waals surface area contributed by atoms with E-state index in [0.717, 1.165) is 27.8 Å². The summed E-state index contributed by atoms with van der Waals surface area (Å²) in [6.45, 7) is 2.07. The molecule has 0 aliphatic heterocycles. The Morgan fingerprint density at radius 3 is 2.54 bits per heavy atom. The zero-order chi connectivity index (χ0) is 19.3. The number of hydrogen-bond donors (Lipinski definition) is 0. The van der Waals surface area contributed by atoms with Gasteiger partial charge in [0.2, 0.25) is 0 Å². The molecule has 0 saturated carbocycles. The van der Waals surface area contributed by atoms with E-state index in [0.29, 0.717) is 11.3 Å². The standard InChI is InChI=1S/C23H18N4S/c1-17-7-5-10-20(13-17)22-25-26-23(27(22)21-11-3-2-4-12-21)28-16-19-9-6-8-18(14-19)15-24/h2-14H,16H2,1H3. The Morgan fingerprint density at radius 2 is 1.75 bits per heavy atom. The number of aromatic nitrogens is 3. The predicted molar refractivity (Wildman–Crippen MR) is 112 cm³/mol. The van der Waals surface area contributed by atoms with Crippen LogP contribution in [-0.2, 0) is 5.75 Å². The minimum atomic E-state index is 0.670. The van der Waals surface area contributed by atoms with Gasteiger partial charge in [-0.05, 0) is 42.8 Å². The highest BCUT2D eigenvalue weighted by Crippen LogP contribution is 2.30. The van der Waals surface area contributed by atoms with E-state index in [4.69, 9.17) is 5.26 Å². The molecule has 4 aromatic rings. The van der Waals surface area contributed by atoms with Crippen LogP contribution in [0.15, 0.2) is 84.0 Å². The minimum absolute atomic E-state index is 0.670. The van der Waals surface area contributed by atoms with Gasteiger partial charge in [-0.1, -0.05) is 65.9 Å². The van der Waals surface area contributed by atoms with Crippen LogP contribution < -0.4 is 0 Å². The lowest BCUT2D eigenvalue weighted by Crippen LogP contribution is -1.99. The SMILES string of the molecule is Cc1cccc(-c2nnc(SCc3cccc(C#N)c3)n2-c2ccccc2)c1. The third kappa shape index (κ3) is 3.83. The molecule has 0 N–H and O–H groups in total. The summed E-state index contributed by atoms with van der Waals surface area (Å²) in [7, 11) is 0. The van der Waals surface area contributed by atoms with Crippen molar-refractivity contribution in [1.82, 2.24) is 14.8 Å². The summed E-state index contributed by atoms with van der Waals surface area (Å²) in [5.74, 6) is 1.54. The molecule has 0 bridgehead atoms. The fraction of sp³-hybridized carbons (Fsp3) is 0.0870. The van der Waals surface area contributed by atoms with Crippen molar-refractivity contribution < 1.29 is 0 Å². The first-order valence-corrected chi connectivity index (χ1v) is 9.93. The molecule has 0 unspecified atom stereocenters. The van der Waals surface area contributed by atoms with Gasteiger partial charge in [-0.3, -0.25) is 4.57 Å². The highest BCUT2D eigenvalue weighted by molar-refractivity contribution is 7.98. The molecule has 0 radical (unpaired) electrons. The van der Waals surface area contributed by atoms with Crippen LogP contribution in [0.1, 0.15) is 16.7 Å². The van der Waals surface area contributed by atoms with E-state index < -0.39 is 0 Å². The largest absolute Gasteiger partial charge is 0.270 e. The van der Waals surface area contributed by atoms with Crippen molar-refractivity contribution in [2.75, 3.05) is 0 Å². The van der Waals surface area contributed by atoms with Crippen LogP contribution in [0.25, 0.3) is 17.1 Å². The highest BCUT2D eigenvalue weighted by Gasteiger charge is 2.16. The summed E-state index contributed by atoms with van der Waals surface area (Å²) in [6, 6.07) is 28.3. The second-order valence-electron chi connectivity index (χ2n) is 6.45. The van der Waals surface area contributed by atoms with Gasteiger partial charge in [-0.15, -0.1) is 10.2 Å². The summed E-state index contributed by atoms with van der Waals surface area (Å²) in [5.41, 5.74) is 5.00. The number of para-hydroxylation sites is 1. The molecule has 4 rings (SSSR count). The number of aryl methyl sites for hydroxylation is 1. The van der Waals surface area contributed by atoms with Crippen LogP contribution >= 0.6 is 11.8 Å². The normalized spacial score (nSPS) is 10.6. The third-order valence-corrected chi connectivity index (χ3v) is 5.35. The maximum Gasteiger partial charge on any atom is 0.196 e. The summed E-state index contributed by atoms with van der Waals surface area (Å²) in [5, 5.41) is 18.9. The molecule has 0 saturated heterocycles. The minimum Gasteiger partial charge on any atom is -0.270 e. The van der Waals surface area contributed by atoms with E-state index in [2.05, 4.69) is 58.1 Å². The Kier molecular flexibility index (Phi) is 5.22. The first-order chi connectivity index (χ1) is 13.7. The van der Waals surface area contributed by atoms with Gasteiger partial charge in [0.05, 0.1) is 11.6 Å². The van der Waals surface area contributed by atoms with Crippen LogP contribution in [0.2, 0.25) is 0 Å². The van der Waals surface area contributed by atoms with Crippen LogP contribution in [0.5, 0.6) is 0 Å². The second-order valence-corrected chi connectivity index (χ2v) is 7.39. The van der Waals surface area contributed by atoms with Gasteiger partial charge in [0.1, 0.15) is 0 Å². The lowest BCUT2D eigenvalue weighted by Gasteiger charge is -2.11. The van der Waals surface area contributed by atoms with Crippen molar-refractivity contribution in [3.05, 3.63) is 95.6 Å². The van der Waals surface area contributed by atoms with E-state index in [1.165, 1.54) is 5.56 Å². The predicted octanol–water partition coefficient (Wildman–Crippen LogP) is 5.41. The first kappa shape index (κ1) is 18.0. The van der Waals surface area contributed by atoms with Gasteiger partial charge in [-0.25, -0.2) is 0 Å². The fourth-order valence-electron chi connectivity index (χ4n) is 3.02. The van der Waals surface area contributed by atoms with E-state index in [1.54, 1.807) is 11.8 Å². The van der Waals surface area contributed by atoms with Crippen molar-refractivity contribution in [2.24, 2.45) is 0 Å². The number of benzene rings is 3. The summed E-state index contributed by atoms with van der Waals surface area (Å²) in [6.07, 6.45) is 0. The van der Waals surface area contributed by atoms with Crippen molar-refractivity contribution in [2.45, 2.75) is 17.8 Å². The summed E-state index contributed by atoms with van der Waals surface area (Å²) >= 11 is 1.61. The van der Waals surface area contributed by atoms with Crippen LogP contribution in [0.4, 0.5) is 0 Å². The zero-order valence-corrected chi connectivity index (χ0v) is 16.2. The quantitative estimate of drug-likeness (QED) is 0.433. The molecular weight excluding hydrogens is 364 g/mol. The number of hydrogen-bond acceptors (Lipinski definition) is 4. The van der Waals surface area contributed by atoms with Crippen molar-refractivity contribution in [3.63, 3.8) is 0 Å². The molecule has 0 amide bonds. The molecule has 3 aromatic carbocycles. The van der Waals surface area contributed by atoms with E-state index in [-0.39, 0.29) is 0 Å². The molecule has 1 heterocycles. The van der Waals surface area contributed by atoms with Crippen LogP contribution in [-0.4, -0.2) is 14.8 Å². The molecule has 4 nitrogen and oxygen atoms in total. The molecule has 0 fully saturated rings. The second kappa shape index (κ2) is 8.12. The van der Waals surface area contributed by atoms with E-state index >= 15 is 0 Å². The number of rotatable bonds is 5. The van der Waals surface area contributed by atoms with Crippen molar-refractivity contribution in [1.29, 1.82) is 5.26 Å². The Morgan fingerprint density at radius 1 is 0.929 bits per heavy atom. The van der Waals surface area contributed by atoms with Crippen molar-refractivity contribution >= 4 is 11.8 Å². The highest BCUT2D eigenvalue weighted by atomic mass is 32.2. The zero-order valence-electron chi connectivity index (χ0n) is 15.4. The van der Waals surface area contributed by atoms with Crippen molar-refractivity contribution in [3.8, 4) is 23.1 Å². The summed E-state index contributed by atoms with van der Waals surface area (Å²) in [4.78, 5) is 0. The molecule has 28 heavy (non-hydrogen) atoms. The molecule has 0 aliphatic rings. The fourth-order valence-corrected chi connectivity index (χ4v) is 3.92. The topological polar surface area (TPSA) is 54.5 Å².